The summed E-state index contributed by atoms with van der Waals surface area (Å²) in [5, 5.41) is 8.56. The molecule has 13 heavy (non-hydrogen) atoms. The summed E-state index contributed by atoms with van der Waals surface area (Å²) in [5.74, 6) is -5.07. The highest BCUT2D eigenvalue weighted by Gasteiger charge is 2.72. The van der Waals surface area contributed by atoms with Crippen LogP contribution in [0.4, 0.5) is 8.78 Å². The largest absolute Gasteiger partial charge is 0.480 e. The molecular formula is C8H11F2NO2. The van der Waals surface area contributed by atoms with Gasteiger partial charge in [0, 0.05) is 11.8 Å². The van der Waals surface area contributed by atoms with Gasteiger partial charge in [0.25, 0.3) is 5.92 Å². The summed E-state index contributed by atoms with van der Waals surface area (Å²) in [6, 6.07) is -0.969. The lowest BCUT2D eigenvalue weighted by Gasteiger charge is -2.17. The number of aliphatic carboxylic acids is 1. The second-order valence-electron chi connectivity index (χ2n) is 3.98. The molecule has 0 aromatic carbocycles. The van der Waals surface area contributed by atoms with Gasteiger partial charge in [0.05, 0.1) is 0 Å². The van der Waals surface area contributed by atoms with Crippen LogP contribution in [0, 0.1) is 17.8 Å². The lowest BCUT2D eigenvalue weighted by atomic mass is 9.95. The van der Waals surface area contributed by atoms with Crippen LogP contribution in [-0.2, 0) is 4.79 Å². The molecule has 3 atom stereocenters. The Morgan fingerprint density at radius 3 is 2.31 bits per heavy atom. The lowest BCUT2D eigenvalue weighted by Crippen LogP contribution is -2.38. The average molecular weight is 191 g/mol. The molecule has 0 spiro atoms. The van der Waals surface area contributed by atoms with Crippen molar-refractivity contribution >= 4 is 5.97 Å². The first-order chi connectivity index (χ1) is 5.94. The number of alkyl halides is 2. The molecule has 0 aromatic rings. The summed E-state index contributed by atoms with van der Waals surface area (Å²) in [4.78, 5) is 10.5. The highest BCUT2D eigenvalue weighted by atomic mass is 19.3. The average Bonchev–Trinajstić information content (AvgIpc) is 2.53. The van der Waals surface area contributed by atoms with Crippen LogP contribution in [0.25, 0.3) is 0 Å². The van der Waals surface area contributed by atoms with Crippen LogP contribution in [0.3, 0.4) is 0 Å². The topological polar surface area (TPSA) is 63.3 Å². The maximum atomic E-state index is 12.7. The van der Waals surface area contributed by atoms with Crippen molar-refractivity contribution in [2.75, 3.05) is 0 Å². The number of rotatable bonds is 2. The minimum atomic E-state index is -2.53. The molecule has 2 rings (SSSR count). The van der Waals surface area contributed by atoms with Crippen molar-refractivity contribution in [2.45, 2.75) is 24.8 Å². The zero-order valence-corrected chi connectivity index (χ0v) is 6.91. The maximum absolute atomic E-state index is 12.7. The third kappa shape index (κ3) is 1.14. The minimum absolute atomic E-state index is 0.257. The number of hydrogen-bond acceptors (Lipinski definition) is 2. The van der Waals surface area contributed by atoms with Gasteiger partial charge in [-0.3, -0.25) is 4.79 Å². The molecule has 0 amide bonds. The quantitative estimate of drug-likeness (QED) is 0.675. The van der Waals surface area contributed by atoms with Gasteiger partial charge in [-0.15, -0.1) is 0 Å². The zero-order valence-electron chi connectivity index (χ0n) is 6.91. The van der Waals surface area contributed by atoms with Crippen molar-refractivity contribution < 1.29 is 18.7 Å². The molecule has 3 N–H and O–H groups in total. The van der Waals surface area contributed by atoms with E-state index in [-0.39, 0.29) is 18.8 Å². The van der Waals surface area contributed by atoms with Gasteiger partial charge >= 0.3 is 5.97 Å². The van der Waals surface area contributed by atoms with Gasteiger partial charge in [0.2, 0.25) is 0 Å². The second-order valence-corrected chi connectivity index (χ2v) is 3.98. The Labute approximate surface area is 73.9 Å². The normalized spacial score (nSPS) is 38.4. The van der Waals surface area contributed by atoms with E-state index in [9.17, 15) is 13.6 Å². The molecular weight excluding hydrogens is 180 g/mol. The molecule has 0 radical (unpaired) electrons. The molecule has 2 aliphatic carbocycles. The summed E-state index contributed by atoms with van der Waals surface area (Å²) in [5.41, 5.74) is 5.35. The highest BCUT2D eigenvalue weighted by molar-refractivity contribution is 5.73. The molecule has 0 aliphatic heterocycles. The number of carboxylic acid groups (broad SMARTS) is 1. The van der Waals surface area contributed by atoms with Gasteiger partial charge in [0.15, 0.2) is 0 Å². The lowest BCUT2D eigenvalue weighted by molar-refractivity contribution is -0.140. The number of carboxylic acids is 1. The fraction of sp³-hybridized carbons (Fsp3) is 0.875. The number of hydrogen-bond donors (Lipinski definition) is 2. The number of carbonyl (C=O) groups is 1. The molecule has 3 nitrogen and oxygen atoms in total. The van der Waals surface area contributed by atoms with Gasteiger partial charge in [-0.05, 0) is 18.8 Å². The van der Waals surface area contributed by atoms with E-state index in [1.165, 1.54) is 0 Å². The van der Waals surface area contributed by atoms with Crippen molar-refractivity contribution in [2.24, 2.45) is 23.5 Å². The Kier molecular flexibility index (Phi) is 1.64. The first-order valence-electron chi connectivity index (χ1n) is 4.30. The second kappa shape index (κ2) is 2.41. The molecule has 5 heteroatoms. The summed E-state index contributed by atoms with van der Waals surface area (Å²) < 4.78 is 25.4. The smallest absolute Gasteiger partial charge is 0.320 e. The molecule has 0 heterocycles. The first kappa shape index (κ1) is 8.87. The Bertz CT molecular complexity index is 243. The highest BCUT2D eigenvalue weighted by Crippen LogP contribution is 2.65. The molecule has 2 fully saturated rings. The maximum Gasteiger partial charge on any atom is 0.320 e. The van der Waals surface area contributed by atoms with Crippen LogP contribution in [0.5, 0.6) is 0 Å². The Morgan fingerprint density at radius 2 is 1.92 bits per heavy atom. The Hall–Kier alpha value is -0.710. The van der Waals surface area contributed by atoms with Crippen molar-refractivity contribution in [1.82, 2.24) is 0 Å². The molecule has 2 aliphatic rings. The third-order valence-electron chi connectivity index (χ3n) is 3.27. The fourth-order valence-electron chi connectivity index (χ4n) is 2.35. The van der Waals surface area contributed by atoms with Gasteiger partial charge < -0.3 is 10.8 Å². The standard InChI is InChI=1S/C8H11F2NO2/c9-8(10)4-1-3(2-5(4)8)6(11)7(12)13/h3-6H,1-2,11H2,(H,12,13)/t4-,5-,6-/m0/s1. The third-order valence-corrected chi connectivity index (χ3v) is 3.27. The van der Waals surface area contributed by atoms with E-state index in [1.54, 1.807) is 0 Å². The number of halogens is 2. The zero-order chi connectivity index (χ0) is 9.80. The number of nitrogens with two attached hydrogens (primary N) is 1. The van der Waals surface area contributed by atoms with Gasteiger partial charge in [-0.1, -0.05) is 0 Å². The Balaban J connectivity index is 1.94. The molecule has 0 bridgehead atoms. The van der Waals surface area contributed by atoms with E-state index in [0.29, 0.717) is 0 Å². The molecule has 0 saturated heterocycles. The van der Waals surface area contributed by atoms with Gasteiger partial charge in [-0.2, -0.15) is 0 Å². The van der Waals surface area contributed by atoms with Crippen molar-refractivity contribution in [3.63, 3.8) is 0 Å². The molecule has 0 unspecified atom stereocenters. The van der Waals surface area contributed by atoms with Crippen LogP contribution in [0.15, 0.2) is 0 Å². The Morgan fingerprint density at radius 1 is 1.46 bits per heavy atom. The van der Waals surface area contributed by atoms with E-state index < -0.39 is 29.8 Å². The molecule has 0 aromatic heterocycles. The summed E-state index contributed by atoms with van der Waals surface area (Å²) >= 11 is 0. The van der Waals surface area contributed by atoms with Gasteiger partial charge in [-0.25, -0.2) is 8.78 Å². The van der Waals surface area contributed by atoms with E-state index in [1.807, 2.05) is 0 Å². The summed E-state index contributed by atoms with van der Waals surface area (Å²) in [6.07, 6.45) is 0.538. The van der Waals surface area contributed by atoms with E-state index in [4.69, 9.17) is 10.8 Å². The molecule has 74 valence electrons. The minimum Gasteiger partial charge on any atom is -0.480 e. The van der Waals surface area contributed by atoms with Crippen LogP contribution < -0.4 is 5.73 Å². The van der Waals surface area contributed by atoms with Gasteiger partial charge in [0.1, 0.15) is 6.04 Å². The van der Waals surface area contributed by atoms with Crippen molar-refractivity contribution in [3.8, 4) is 0 Å². The van der Waals surface area contributed by atoms with Crippen molar-refractivity contribution in [1.29, 1.82) is 0 Å². The predicted molar refractivity (Wildman–Crippen MR) is 40.3 cm³/mol. The number of fused-ring (bicyclic) bond motifs is 1. The van der Waals surface area contributed by atoms with Crippen LogP contribution >= 0.6 is 0 Å². The fourth-order valence-corrected chi connectivity index (χ4v) is 2.35. The van der Waals surface area contributed by atoms with Crippen LogP contribution in [-0.4, -0.2) is 23.0 Å². The van der Waals surface area contributed by atoms with E-state index >= 15 is 0 Å². The van der Waals surface area contributed by atoms with Crippen LogP contribution in [0.2, 0.25) is 0 Å². The molecule has 2 saturated carbocycles. The summed E-state index contributed by atoms with van der Waals surface area (Å²) in [6.45, 7) is 0. The van der Waals surface area contributed by atoms with Crippen molar-refractivity contribution in [3.05, 3.63) is 0 Å². The van der Waals surface area contributed by atoms with E-state index in [0.717, 1.165) is 0 Å². The SMILES string of the molecule is N[C@H](C(=O)O)C1C[C@H]2[C@H](C1)C2(F)F. The summed E-state index contributed by atoms with van der Waals surface area (Å²) in [7, 11) is 0. The monoisotopic (exact) mass is 191 g/mol. The first-order valence-corrected chi connectivity index (χ1v) is 4.30. The predicted octanol–water partition coefficient (Wildman–Crippen LogP) is 0.690. The van der Waals surface area contributed by atoms with E-state index in [2.05, 4.69) is 0 Å². The van der Waals surface area contributed by atoms with Crippen LogP contribution in [0.1, 0.15) is 12.8 Å².